The van der Waals surface area contributed by atoms with Gasteiger partial charge >= 0.3 is 12.1 Å². The minimum absolute atomic E-state index is 0.0190. The van der Waals surface area contributed by atoms with Crippen LogP contribution in [-0.4, -0.2) is 57.4 Å². The maximum atomic E-state index is 11.9. The summed E-state index contributed by atoms with van der Waals surface area (Å²) in [6.07, 6.45) is 0. The van der Waals surface area contributed by atoms with Gasteiger partial charge in [-0.1, -0.05) is 77.8 Å². The van der Waals surface area contributed by atoms with Crippen LogP contribution in [0.4, 0.5) is 21.0 Å². The van der Waals surface area contributed by atoms with Crippen LogP contribution in [0.3, 0.4) is 0 Å². The fourth-order valence-corrected chi connectivity index (χ4v) is 3.97. The van der Waals surface area contributed by atoms with Crippen LogP contribution in [0, 0.1) is 13.8 Å². The maximum Gasteiger partial charge on any atom is 0.326 e. The number of methoxy groups -OCH3 is 1. The number of ether oxygens (including phenoxy) is 2. The molecule has 0 aliphatic heterocycles. The first-order chi connectivity index (χ1) is 21.1. The minimum Gasteiger partial charge on any atom is -0.383 e. The average molecular weight is 646 g/mol. The highest BCUT2D eigenvalue weighted by atomic mass is 35.5. The molecule has 0 aromatic heterocycles. The SMILES string of the molecule is COCCN=C(N)NC(=O)Nc1c(C)cccc1Cl.Cc1cccc(Cl)c1NC(=O)NC(N)=NCCOCc1ccccc1. The number of carbonyl (C=O) groups excluding carboxylic acids is 2. The molecule has 14 heteroatoms. The molecule has 3 aromatic rings. The first-order valence-corrected chi connectivity index (χ1v) is 14.2. The van der Waals surface area contributed by atoms with Crippen LogP contribution in [0.25, 0.3) is 0 Å². The van der Waals surface area contributed by atoms with Gasteiger partial charge in [0.25, 0.3) is 0 Å². The lowest BCUT2D eigenvalue weighted by molar-refractivity contribution is 0.128. The van der Waals surface area contributed by atoms with E-state index in [4.69, 9.17) is 44.1 Å². The summed E-state index contributed by atoms with van der Waals surface area (Å²) < 4.78 is 10.3. The highest BCUT2D eigenvalue weighted by molar-refractivity contribution is 6.34. The number of nitrogens with two attached hydrogens (primary N) is 2. The molecule has 0 radical (unpaired) electrons. The van der Waals surface area contributed by atoms with Gasteiger partial charge in [-0.15, -0.1) is 0 Å². The number of anilines is 2. The first kappa shape index (κ1) is 35.8. The number of hydrogen-bond donors (Lipinski definition) is 6. The molecule has 0 saturated heterocycles. The predicted octanol–water partition coefficient (Wildman–Crippen LogP) is 5.03. The van der Waals surface area contributed by atoms with Crippen LogP contribution in [0.5, 0.6) is 0 Å². The van der Waals surface area contributed by atoms with Crippen LogP contribution >= 0.6 is 23.2 Å². The van der Waals surface area contributed by atoms with E-state index in [9.17, 15) is 9.59 Å². The molecular formula is C30H38Cl2N8O4. The van der Waals surface area contributed by atoms with Crippen molar-refractivity contribution in [1.29, 1.82) is 0 Å². The average Bonchev–Trinajstić information content (AvgIpc) is 2.98. The van der Waals surface area contributed by atoms with Crippen LogP contribution in [0.2, 0.25) is 10.0 Å². The Kier molecular flexibility index (Phi) is 16.1. The lowest BCUT2D eigenvalue weighted by Crippen LogP contribution is -2.40. The quantitative estimate of drug-likeness (QED) is 0.102. The largest absolute Gasteiger partial charge is 0.383 e. The second kappa shape index (κ2) is 19.8. The van der Waals surface area contributed by atoms with Crippen LogP contribution in [0.1, 0.15) is 16.7 Å². The van der Waals surface area contributed by atoms with Gasteiger partial charge in [0.1, 0.15) is 0 Å². The molecule has 0 aliphatic carbocycles. The molecule has 0 spiro atoms. The minimum atomic E-state index is -0.498. The number of hydrogen-bond acceptors (Lipinski definition) is 6. The van der Waals surface area contributed by atoms with E-state index in [1.807, 2.05) is 62.4 Å². The molecule has 12 nitrogen and oxygen atoms in total. The van der Waals surface area contributed by atoms with Crippen molar-refractivity contribution in [2.24, 2.45) is 21.5 Å². The van der Waals surface area contributed by atoms with Gasteiger partial charge in [0, 0.05) is 7.11 Å². The molecule has 4 amide bonds. The Morgan fingerprint density at radius 3 is 1.66 bits per heavy atom. The topological polar surface area (TPSA) is 177 Å². The summed E-state index contributed by atoms with van der Waals surface area (Å²) in [7, 11) is 1.56. The monoisotopic (exact) mass is 644 g/mol. The number of rotatable bonds is 10. The number of aliphatic imine (C=N–C) groups is 2. The van der Waals surface area contributed by atoms with Crippen molar-refractivity contribution in [3.63, 3.8) is 0 Å². The molecule has 8 N–H and O–H groups in total. The molecule has 0 saturated carbocycles. The molecule has 0 aliphatic rings. The van der Waals surface area contributed by atoms with Crippen LogP contribution in [-0.2, 0) is 16.1 Å². The number of benzene rings is 3. The highest BCUT2D eigenvalue weighted by Gasteiger charge is 2.10. The van der Waals surface area contributed by atoms with E-state index < -0.39 is 12.1 Å². The standard InChI is InChI=1S/C18H21ClN4O2.C12H17ClN4O2/c1-13-6-5-9-15(19)16(13)22-18(24)23-17(20)21-10-11-25-12-14-7-3-2-4-8-14;1-8-4-3-5-9(13)10(8)16-12(18)17-11(14)15-6-7-19-2/h2-9H,10-12H2,1H3,(H4,20,21,22,23,24);3-5H,6-7H2,1-2H3,(H4,14,15,16,17,18). The third-order valence-electron chi connectivity index (χ3n) is 5.61. The summed E-state index contributed by atoms with van der Waals surface area (Å²) in [5.74, 6) is 0.0461. The number of nitrogens with zero attached hydrogens (tertiary/aromatic N) is 2. The lowest BCUT2D eigenvalue weighted by Gasteiger charge is -2.11. The van der Waals surface area contributed by atoms with Crippen LogP contribution in [0.15, 0.2) is 76.7 Å². The van der Waals surface area contributed by atoms with Gasteiger partial charge in [0.05, 0.1) is 54.3 Å². The molecule has 0 heterocycles. The molecule has 3 rings (SSSR count). The number of nitrogens with one attached hydrogen (secondary N) is 4. The molecular weight excluding hydrogens is 607 g/mol. The predicted molar refractivity (Wildman–Crippen MR) is 178 cm³/mol. The van der Waals surface area contributed by atoms with E-state index in [1.54, 1.807) is 25.3 Å². The Morgan fingerprint density at radius 1 is 0.727 bits per heavy atom. The molecule has 0 unspecified atom stereocenters. The Hall–Kier alpha value is -4.36. The zero-order valence-electron chi connectivity index (χ0n) is 24.8. The first-order valence-electron chi connectivity index (χ1n) is 13.5. The third-order valence-corrected chi connectivity index (χ3v) is 6.24. The Morgan fingerprint density at radius 2 is 1.20 bits per heavy atom. The van der Waals surface area contributed by atoms with Crippen molar-refractivity contribution >= 4 is 58.6 Å². The van der Waals surface area contributed by atoms with Gasteiger partial charge in [-0.3, -0.25) is 20.6 Å². The van der Waals surface area contributed by atoms with E-state index in [2.05, 4.69) is 31.3 Å². The van der Waals surface area contributed by atoms with Crippen molar-refractivity contribution in [2.45, 2.75) is 20.5 Å². The Bertz CT molecular complexity index is 1380. The molecule has 3 aromatic carbocycles. The second-order valence-corrected chi connectivity index (χ2v) is 9.90. The summed E-state index contributed by atoms with van der Waals surface area (Å²) in [4.78, 5) is 31.6. The van der Waals surface area contributed by atoms with Crippen molar-refractivity contribution in [2.75, 3.05) is 44.0 Å². The van der Waals surface area contributed by atoms with E-state index in [1.165, 1.54) is 0 Å². The van der Waals surface area contributed by atoms with Crippen LogP contribution < -0.4 is 32.7 Å². The van der Waals surface area contributed by atoms with E-state index in [0.29, 0.717) is 54.3 Å². The fourth-order valence-electron chi connectivity index (χ4n) is 3.43. The van der Waals surface area contributed by atoms with E-state index in [0.717, 1.165) is 16.7 Å². The van der Waals surface area contributed by atoms with Crippen molar-refractivity contribution < 1.29 is 19.1 Å². The Labute approximate surface area is 267 Å². The zero-order valence-corrected chi connectivity index (χ0v) is 26.3. The summed E-state index contributed by atoms with van der Waals surface area (Å²) >= 11 is 12.1. The fraction of sp³-hybridized carbons (Fsp3) is 0.267. The van der Waals surface area contributed by atoms with Gasteiger partial charge in [-0.05, 0) is 42.7 Å². The Balaban J connectivity index is 0.000000319. The number of amides is 4. The number of urea groups is 2. The van der Waals surface area contributed by atoms with Gasteiger partial charge in [0.15, 0.2) is 11.9 Å². The number of para-hydroxylation sites is 2. The molecule has 0 fully saturated rings. The number of guanidine groups is 2. The number of halogens is 2. The normalized spacial score (nSPS) is 11.2. The smallest absolute Gasteiger partial charge is 0.326 e. The van der Waals surface area contributed by atoms with E-state index in [-0.39, 0.29) is 11.9 Å². The molecule has 44 heavy (non-hydrogen) atoms. The maximum absolute atomic E-state index is 11.9. The number of carbonyl (C=O) groups is 2. The molecule has 0 bridgehead atoms. The second-order valence-electron chi connectivity index (χ2n) is 9.09. The molecule has 236 valence electrons. The van der Waals surface area contributed by atoms with Crippen molar-refractivity contribution in [1.82, 2.24) is 10.6 Å². The van der Waals surface area contributed by atoms with Crippen molar-refractivity contribution in [3.05, 3.63) is 93.5 Å². The third kappa shape index (κ3) is 13.7. The summed E-state index contributed by atoms with van der Waals surface area (Å²) in [6, 6.07) is 19.6. The van der Waals surface area contributed by atoms with Gasteiger partial charge in [0.2, 0.25) is 0 Å². The zero-order chi connectivity index (χ0) is 32.3. The van der Waals surface area contributed by atoms with Gasteiger partial charge < -0.3 is 31.6 Å². The molecule has 0 atom stereocenters. The summed E-state index contributed by atoms with van der Waals surface area (Å²) in [6.45, 7) is 5.78. The van der Waals surface area contributed by atoms with Gasteiger partial charge in [-0.2, -0.15) is 0 Å². The summed E-state index contributed by atoms with van der Waals surface area (Å²) in [5, 5.41) is 11.1. The van der Waals surface area contributed by atoms with Crippen molar-refractivity contribution in [3.8, 4) is 0 Å². The van der Waals surface area contributed by atoms with Gasteiger partial charge in [-0.25, -0.2) is 9.59 Å². The highest BCUT2D eigenvalue weighted by Crippen LogP contribution is 2.25. The lowest BCUT2D eigenvalue weighted by atomic mass is 10.2. The van der Waals surface area contributed by atoms with E-state index >= 15 is 0 Å². The number of aryl methyl sites for hydroxylation is 2. The summed E-state index contributed by atoms with van der Waals surface area (Å²) in [5.41, 5.74) is 15.1.